The highest BCUT2D eigenvalue weighted by Crippen LogP contribution is 2.27. The largest absolute Gasteiger partial charge is 0.374 e. The Labute approximate surface area is 144 Å². The Hall–Kier alpha value is -2.61. The molecule has 0 saturated heterocycles. The number of aryl methyl sites for hydroxylation is 1. The summed E-state index contributed by atoms with van der Waals surface area (Å²) < 4.78 is 4.19. The lowest BCUT2D eigenvalue weighted by atomic mass is 10.1. The van der Waals surface area contributed by atoms with Crippen molar-refractivity contribution in [3.8, 4) is 0 Å². The Morgan fingerprint density at radius 1 is 1.29 bits per heavy atom. The van der Waals surface area contributed by atoms with Crippen LogP contribution in [0, 0.1) is 6.92 Å². The summed E-state index contributed by atoms with van der Waals surface area (Å²) in [5.41, 5.74) is 13.3. The van der Waals surface area contributed by atoms with Crippen molar-refractivity contribution < 1.29 is 9.59 Å². The average Bonchev–Trinajstić information content (AvgIpc) is 2.91. The van der Waals surface area contributed by atoms with Crippen LogP contribution < -0.4 is 22.1 Å². The van der Waals surface area contributed by atoms with Gasteiger partial charge in [-0.2, -0.15) is 4.37 Å². The molecule has 2 amide bonds. The number of nitrogens with two attached hydrogens (primary N) is 2. The van der Waals surface area contributed by atoms with Crippen molar-refractivity contribution in [3.05, 3.63) is 35.5 Å². The van der Waals surface area contributed by atoms with Crippen molar-refractivity contribution in [2.45, 2.75) is 32.7 Å². The zero-order chi connectivity index (χ0) is 17.7. The molecular weight excluding hydrogens is 326 g/mol. The van der Waals surface area contributed by atoms with Crippen molar-refractivity contribution in [2.75, 3.05) is 10.6 Å². The van der Waals surface area contributed by atoms with E-state index in [4.69, 9.17) is 11.5 Å². The van der Waals surface area contributed by atoms with Crippen LogP contribution in [-0.2, 0) is 4.79 Å². The van der Waals surface area contributed by atoms with Gasteiger partial charge in [0, 0.05) is 5.69 Å². The quantitative estimate of drug-likeness (QED) is 0.584. The first kappa shape index (κ1) is 17.7. The van der Waals surface area contributed by atoms with E-state index in [2.05, 4.69) is 15.0 Å². The first-order valence-electron chi connectivity index (χ1n) is 7.60. The van der Waals surface area contributed by atoms with Gasteiger partial charge in [-0.05, 0) is 49.1 Å². The fourth-order valence-corrected chi connectivity index (χ4v) is 2.96. The molecule has 0 spiro atoms. The second kappa shape index (κ2) is 7.78. The predicted molar refractivity (Wildman–Crippen MR) is 96.6 cm³/mol. The van der Waals surface area contributed by atoms with Gasteiger partial charge in [0.15, 0.2) is 0 Å². The summed E-state index contributed by atoms with van der Waals surface area (Å²) in [6, 6.07) is 6.46. The molecule has 1 atom stereocenters. The number of hydrogen-bond donors (Lipinski definition) is 4. The summed E-state index contributed by atoms with van der Waals surface area (Å²) in [6.45, 7) is 3.86. The average molecular weight is 347 g/mol. The van der Waals surface area contributed by atoms with Gasteiger partial charge in [-0.15, -0.1) is 0 Å². The molecule has 0 fully saturated rings. The minimum absolute atomic E-state index is 0.359. The highest BCUT2D eigenvalue weighted by molar-refractivity contribution is 7.10. The number of nitrogens with zero attached hydrogens (tertiary/aromatic N) is 1. The number of hydrogen-bond acceptors (Lipinski definition) is 6. The van der Waals surface area contributed by atoms with Gasteiger partial charge in [-0.3, -0.25) is 9.59 Å². The molecular formula is C16H21N5O2S. The number of rotatable bonds is 8. The van der Waals surface area contributed by atoms with Crippen LogP contribution in [0.4, 0.5) is 16.4 Å². The maximum Gasteiger partial charge on any atom is 0.250 e. The van der Waals surface area contributed by atoms with Crippen molar-refractivity contribution in [3.63, 3.8) is 0 Å². The summed E-state index contributed by atoms with van der Waals surface area (Å²) in [5, 5.41) is 7.04. The van der Waals surface area contributed by atoms with E-state index >= 15 is 0 Å². The molecule has 1 heterocycles. The fourth-order valence-electron chi connectivity index (χ4n) is 2.28. The van der Waals surface area contributed by atoms with Crippen LogP contribution in [0.3, 0.4) is 0 Å². The molecule has 0 saturated carbocycles. The van der Waals surface area contributed by atoms with Crippen LogP contribution >= 0.6 is 11.5 Å². The second-order valence-corrected chi connectivity index (χ2v) is 6.28. The van der Waals surface area contributed by atoms with Crippen molar-refractivity contribution in [1.29, 1.82) is 0 Å². The van der Waals surface area contributed by atoms with Crippen molar-refractivity contribution in [1.82, 2.24) is 4.37 Å². The van der Waals surface area contributed by atoms with Gasteiger partial charge in [-0.1, -0.05) is 13.3 Å². The molecule has 128 valence electrons. The predicted octanol–water partition coefficient (Wildman–Crippen LogP) is 2.36. The fraction of sp³-hybridized carbons (Fsp3) is 0.312. The summed E-state index contributed by atoms with van der Waals surface area (Å²) in [7, 11) is 0. The number of amides is 2. The van der Waals surface area contributed by atoms with Crippen LogP contribution in [0.2, 0.25) is 0 Å². The van der Waals surface area contributed by atoms with Crippen molar-refractivity contribution in [2.24, 2.45) is 11.5 Å². The first-order valence-corrected chi connectivity index (χ1v) is 8.38. The van der Waals surface area contributed by atoms with Crippen LogP contribution in [-0.4, -0.2) is 22.2 Å². The monoisotopic (exact) mass is 347 g/mol. The number of nitrogens with one attached hydrogen (secondary N) is 2. The third kappa shape index (κ3) is 4.45. The SMILES string of the molecule is CCC[C@@H](Nc1ccc(C(N)=O)c(Nc2cc(C)ns2)c1)C(N)=O. The van der Waals surface area contributed by atoms with Gasteiger partial charge < -0.3 is 22.1 Å². The minimum atomic E-state index is -0.537. The van der Waals surface area contributed by atoms with E-state index in [1.165, 1.54) is 11.5 Å². The molecule has 2 rings (SSSR count). The molecule has 2 aromatic rings. The van der Waals surface area contributed by atoms with Gasteiger partial charge in [0.2, 0.25) is 5.91 Å². The van der Waals surface area contributed by atoms with E-state index in [9.17, 15) is 9.59 Å². The Kier molecular flexibility index (Phi) is 5.75. The molecule has 0 unspecified atom stereocenters. The van der Waals surface area contributed by atoms with Crippen molar-refractivity contribution >= 4 is 39.7 Å². The molecule has 0 aliphatic heterocycles. The Morgan fingerprint density at radius 3 is 2.58 bits per heavy atom. The minimum Gasteiger partial charge on any atom is -0.374 e. The highest BCUT2D eigenvalue weighted by Gasteiger charge is 2.16. The van der Waals surface area contributed by atoms with Gasteiger partial charge in [0.1, 0.15) is 11.0 Å². The number of carbonyl (C=O) groups is 2. The van der Waals surface area contributed by atoms with Gasteiger partial charge in [-0.25, -0.2) is 0 Å². The molecule has 1 aromatic carbocycles. The summed E-state index contributed by atoms with van der Waals surface area (Å²) in [5.74, 6) is -0.950. The van der Waals surface area contributed by atoms with Crippen LogP contribution in [0.1, 0.15) is 35.8 Å². The summed E-state index contributed by atoms with van der Waals surface area (Å²) in [6.07, 6.45) is 1.45. The maximum absolute atomic E-state index is 11.6. The molecule has 8 heteroatoms. The van der Waals surface area contributed by atoms with E-state index < -0.39 is 17.9 Å². The Morgan fingerprint density at radius 2 is 2.04 bits per heavy atom. The van der Waals surface area contributed by atoms with Crippen LogP contribution in [0.25, 0.3) is 0 Å². The molecule has 0 bridgehead atoms. The molecule has 6 N–H and O–H groups in total. The van der Waals surface area contributed by atoms with Crippen LogP contribution in [0.15, 0.2) is 24.3 Å². The lowest BCUT2D eigenvalue weighted by molar-refractivity contribution is -0.118. The van der Waals surface area contributed by atoms with E-state index in [0.29, 0.717) is 23.4 Å². The number of anilines is 3. The third-order valence-electron chi connectivity index (χ3n) is 3.43. The molecule has 24 heavy (non-hydrogen) atoms. The molecule has 0 aliphatic carbocycles. The molecule has 0 radical (unpaired) electrons. The highest BCUT2D eigenvalue weighted by atomic mass is 32.1. The third-order valence-corrected chi connectivity index (χ3v) is 4.23. The maximum atomic E-state index is 11.6. The number of primary amides is 2. The van der Waals surface area contributed by atoms with E-state index in [0.717, 1.165) is 17.1 Å². The zero-order valence-corrected chi connectivity index (χ0v) is 14.4. The van der Waals surface area contributed by atoms with E-state index in [-0.39, 0.29) is 0 Å². The molecule has 7 nitrogen and oxygen atoms in total. The zero-order valence-electron chi connectivity index (χ0n) is 13.6. The number of aromatic nitrogens is 1. The normalized spacial score (nSPS) is 11.8. The standard InChI is InChI=1S/C16H21N5O2S/c1-3-4-12(16(18)23)19-10-5-6-11(15(17)22)13(8-10)20-14-7-9(2)21-24-14/h5-8,12,19-20H,3-4H2,1-2H3,(H2,17,22)(H2,18,23)/t12-/m1/s1. The Bertz CT molecular complexity index is 744. The van der Waals surface area contributed by atoms with Gasteiger partial charge in [0.25, 0.3) is 5.91 Å². The summed E-state index contributed by atoms with van der Waals surface area (Å²) >= 11 is 1.29. The molecule has 1 aromatic heterocycles. The lowest BCUT2D eigenvalue weighted by Gasteiger charge is -2.17. The molecule has 0 aliphatic rings. The van der Waals surface area contributed by atoms with Crippen LogP contribution in [0.5, 0.6) is 0 Å². The second-order valence-electron chi connectivity index (χ2n) is 5.47. The topological polar surface area (TPSA) is 123 Å². The number of benzene rings is 1. The number of carbonyl (C=O) groups excluding carboxylic acids is 2. The van der Waals surface area contributed by atoms with E-state index in [1.54, 1.807) is 18.2 Å². The van der Waals surface area contributed by atoms with E-state index in [1.807, 2.05) is 19.9 Å². The lowest BCUT2D eigenvalue weighted by Crippen LogP contribution is -2.35. The van der Waals surface area contributed by atoms with Gasteiger partial charge >= 0.3 is 0 Å². The van der Waals surface area contributed by atoms with Gasteiger partial charge in [0.05, 0.1) is 16.9 Å². The smallest absolute Gasteiger partial charge is 0.250 e. The first-order chi connectivity index (χ1) is 11.4. The summed E-state index contributed by atoms with van der Waals surface area (Å²) in [4.78, 5) is 23.1. The Balaban J connectivity index is 2.29.